The molecule has 3 saturated heterocycles. The summed E-state index contributed by atoms with van der Waals surface area (Å²) in [4.78, 5) is 76.3. The monoisotopic (exact) mass is 1320 g/mol. The van der Waals surface area contributed by atoms with Crippen molar-refractivity contribution in [2.45, 2.75) is 120 Å². The van der Waals surface area contributed by atoms with Crippen molar-refractivity contribution in [3.8, 4) is 17.2 Å². The molecule has 3 saturated carbocycles. The quantitative estimate of drug-likeness (QED) is 0.0486. The fraction of sp³-hybridized carbons (Fsp3) is 0.449. The van der Waals surface area contributed by atoms with E-state index in [0.29, 0.717) is 37.0 Å². The molecule has 28 heteroatoms. The minimum atomic E-state index is -0.971. The van der Waals surface area contributed by atoms with Crippen LogP contribution in [0.2, 0.25) is 0 Å². The summed E-state index contributed by atoms with van der Waals surface area (Å²) in [5.41, 5.74) is 9.34. The van der Waals surface area contributed by atoms with Crippen LogP contribution in [0.4, 0.5) is 40.5 Å². The smallest absolute Gasteiger partial charge is 0.337 e. The Morgan fingerprint density at radius 1 is 0.464 bits per heavy atom. The van der Waals surface area contributed by atoms with Gasteiger partial charge in [-0.2, -0.15) is 0 Å². The van der Waals surface area contributed by atoms with Crippen LogP contribution in [0.5, 0.6) is 17.2 Å². The summed E-state index contributed by atoms with van der Waals surface area (Å²) < 4.78 is 35.9. The molecule has 6 fully saturated rings. The fourth-order valence-electron chi connectivity index (χ4n) is 13.0. The molecule has 6 aliphatic rings. The average molecular weight is 1320 g/mol. The molecule has 3 aliphatic heterocycles. The predicted molar refractivity (Wildman–Crippen MR) is 365 cm³/mol. The molecule has 0 radical (unpaired) electrons. The van der Waals surface area contributed by atoms with Gasteiger partial charge in [-0.05, 0) is 120 Å². The number of hydrogen-bond acceptors (Lipinski definition) is 26. The number of nitro groups is 1. The van der Waals surface area contributed by atoms with E-state index < -0.39 is 10.9 Å². The van der Waals surface area contributed by atoms with Gasteiger partial charge < -0.3 is 64.2 Å². The van der Waals surface area contributed by atoms with Gasteiger partial charge in [-0.15, -0.1) is 0 Å². The predicted octanol–water partition coefficient (Wildman–Crippen LogP) is 9.70. The van der Waals surface area contributed by atoms with Gasteiger partial charge in [0.1, 0.15) is 52.0 Å². The van der Waals surface area contributed by atoms with Crippen LogP contribution in [0.25, 0.3) is 33.1 Å². The second kappa shape index (κ2) is 31.7. The number of aryl methyl sites for hydroxylation is 1. The van der Waals surface area contributed by atoms with E-state index in [1.165, 1.54) is 18.6 Å². The maximum absolute atomic E-state index is 11.0. The highest BCUT2D eigenvalue weighted by Crippen LogP contribution is 2.37. The lowest BCUT2D eigenvalue weighted by atomic mass is 9.93. The lowest BCUT2D eigenvalue weighted by Crippen LogP contribution is -2.36. The van der Waals surface area contributed by atoms with Crippen molar-refractivity contribution < 1.29 is 43.2 Å². The number of hydrogen-bond donors (Lipinski definition) is 4. The largest absolute Gasteiger partial charge is 0.488 e. The molecule has 506 valence electrons. The number of nitrogens with one attached hydrogen (secondary N) is 3. The molecule has 0 spiro atoms. The molecule has 0 bridgehead atoms. The zero-order valence-corrected chi connectivity index (χ0v) is 54.2. The molecule has 6 aromatic heterocycles. The molecule has 9 heterocycles. The highest BCUT2D eigenvalue weighted by Gasteiger charge is 2.29. The Kier molecular flexibility index (Phi) is 21.4. The molecule has 3 aliphatic carbocycles. The van der Waals surface area contributed by atoms with Crippen LogP contribution in [-0.2, 0) is 14.2 Å². The van der Waals surface area contributed by atoms with E-state index in [1.807, 2.05) is 19.3 Å². The normalized spacial score (nSPS) is 21.3. The van der Waals surface area contributed by atoms with Crippen molar-refractivity contribution in [3.05, 3.63) is 138 Å². The zero-order valence-electron chi connectivity index (χ0n) is 54.2. The van der Waals surface area contributed by atoms with Crippen LogP contribution in [-0.4, -0.2) is 186 Å². The van der Waals surface area contributed by atoms with Gasteiger partial charge in [0.15, 0.2) is 0 Å². The van der Waals surface area contributed by atoms with Crippen molar-refractivity contribution in [2.75, 3.05) is 110 Å². The Morgan fingerprint density at radius 3 is 1.15 bits per heavy atom. The van der Waals surface area contributed by atoms with Crippen molar-refractivity contribution in [3.63, 3.8) is 0 Å². The van der Waals surface area contributed by atoms with Crippen LogP contribution in [0.3, 0.4) is 0 Å². The fourth-order valence-corrected chi connectivity index (χ4v) is 13.0. The van der Waals surface area contributed by atoms with E-state index in [1.54, 1.807) is 49.3 Å². The molecular weight excluding hydrogens is 1240 g/mol. The molecule has 9 aromatic rings. The number of pyridine rings is 1. The summed E-state index contributed by atoms with van der Waals surface area (Å²) in [5.74, 6) is 3.20. The molecule has 0 atom stereocenters. The van der Waals surface area contributed by atoms with Gasteiger partial charge in [0, 0.05) is 148 Å². The Hall–Kier alpha value is -10.1. The van der Waals surface area contributed by atoms with Gasteiger partial charge in [0.2, 0.25) is 11.9 Å². The zero-order chi connectivity index (χ0) is 66.3. The van der Waals surface area contributed by atoms with E-state index in [0.717, 1.165) is 216 Å². The van der Waals surface area contributed by atoms with E-state index in [4.69, 9.17) is 33.5 Å². The lowest BCUT2D eigenvalue weighted by molar-refractivity contribution is -0.385. The number of morpholine rings is 3. The first kappa shape index (κ1) is 65.6. The Balaban J connectivity index is 0.000000131. The van der Waals surface area contributed by atoms with E-state index >= 15 is 0 Å². The highest BCUT2D eigenvalue weighted by atomic mass is 16.6. The minimum Gasteiger partial charge on any atom is -0.488 e. The molecule has 0 unspecified atom stereocenters. The van der Waals surface area contributed by atoms with Crippen molar-refractivity contribution >= 4 is 79.5 Å². The number of carboxylic acids is 1. The molecule has 28 nitrogen and oxygen atoms in total. The van der Waals surface area contributed by atoms with Gasteiger partial charge in [-0.25, -0.2) is 44.7 Å². The number of ether oxygens (including phenoxy) is 6. The van der Waals surface area contributed by atoms with E-state index in [-0.39, 0.29) is 41.6 Å². The summed E-state index contributed by atoms with van der Waals surface area (Å²) in [7, 11) is 0. The van der Waals surface area contributed by atoms with Gasteiger partial charge >= 0.3 is 11.7 Å². The number of aromatic nitrogens is 11. The highest BCUT2D eigenvalue weighted by molar-refractivity contribution is 5.88. The number of aromatic carboxylic acids is 1. The molecule has 0 amide bonds. The van der Waals surface area contributed by atoms with Crippen molar-refractivity contribution in [1.29, 1.82) is 0 Å². The first-order chi connectivity index (χ1) is 47.5. The number of carbonyl (C=O) groups is 1. The Bertz CT molecular complexity index is 3890. The van der Waals surface area contributed by atoms with Crippen LogP contribution in [0, 0.1) is 17.0 Å². The standard InChI is InChI=1S/C24H27N5O4.C23H28N6O2.C22H25N7O4/c30-24(31)16-1-6-22(27-15-16)28-17-2-4-19(5-3-17)33-21-14-18(29-9-11-32-12-10-29)13-20-23(21)26-8-7-25-20;1-16-14-26-23(27-15-16)28-17-2-4-19(5-3-17)31-21-13-18(29-8-10-30-11-9-29)12-20-22(21)25-7-6-24-20;30-29(31)17-13-25-22(26-14-17)27-15-1-3-18(4-2-15)33-20-12-16(28-7-9-32-10-8-28)11-19-21(20)24-6-5-23-19/h1,6-8,13-15,17,19H,2-5,9-12H2,(H,27,28)(H,30,31);6-7,12-15,17,19H,2-5,8-11H2,1H3,(H,26,27,28);5-6,11-15,18H,1-4,7-10H2,(H,25,26,27). The van der Waals surface area contributed by atoms with Crippen LogP contribution >= 0.6 is 0 Å². The molecule has 97 heavy (non-hydrogen) atoms. The van der Waals surface area contributed by atoms with Gasteiger partial charge in [0.05, 0.1) is 85.0 Å². The Morgan fingerprint density at radius 2 is 0.814 bits per heavy atom. The third-order valence-corrected chi connectivity index (χ3v) is 18.3. The first-order valence-electron chi connectivity index (χ1n) is 33.5. The van der Waals surface area contributed by atoms with Gasteiger partial charge in [-0.1, -0.05) is 0 Å². The maximum Gasteiger partial charge on any atom is 0.337 e. The van der Waals surface area contributed by atoms with Crippen LogP contribution in [0.1, 0.15) is 93.0 Å². The number of fused-ring (bicyclic) bond motifs is 3. The summed E-state index contributed by atoms with van der Waals surface area (Å²) in [6, 6.07) is 16.6. The topological polar surface area (TPSA) is 323 Å². The third kappa shape index (κ3) is 17.3. The summed E-state index contributed by atoms with van der Waals surface area (Å²) >= 11 is 0. The second-order valence-corrected chi connectivity index (χ2v) is 25.0. The SMILES string of the molecule is Cc1cnc(NC2CCC(Oc3cc(N4CCOCC4)cc4nccnc34)CC2)nc1.O=C(O)c1ccc(NC2CCC(Oc3cc(N4CCOCC4)cc4nccnc34)CC2)nc1.O=[N+]([O-])c1cnc(NC2CCC(Oc3cc(N4CCOCC4)cc4nccnc34)CC2)nc1. The van der Waals surface area contributed by atoms with Crippen molar-refractivity contribution in [1.82, 2.24) is 54.8 Å². The number of anilines is 6. The lowest BCUT2D eigenvalue weighted by Gasteiger charge is -2.31. The molecule has 4 N–H and O–H groups in total. The minimum absolute atomic E-state index is 0.0750. The molecule has 15 rings (SSSR count). The van der Waals surface area contributed by atoms with E-state index in [9.17, 15) is 14.9 Å². The van der Waals surface area contributed by atoms with E-state index in [2.05, 4.69) is 122 Å². The maximum atomic E-state index is 11.0. The number of carboxylic acid groups (broad SMARTS) is 1. The second-order valence-electron chi connectivity index (χ2n) is 25.0. The Labute approximate surface area is 560 Å². The summed E-state index contributed by atoms with van der Waals surface area (Å²) in [6.45, 7) is 11.5. The average Bonchev–Trinajstić information content (AvgIpc) is 0.844. The van der Waals surface area contributed by atoms with Gasteiger partial charge in [-0.3, -0.25) is 25.1 Å². The number of nitrogens with zero attached hydrogens (tertiary/aromatic N) is 15. The summed E-state index contributed by atoms with van der Waals surface area (Å²) in [5, 5.41) is 29.9. The third-order valence-electron chi connectivity index (χ3n) is 18.3. The number of benzene rings is 3. The molecular formula is C69H80N18O10. The van der Waals surface area contributed by atoms with Gasteiger partial charge in [0.25, 0.3) is 0 Å². The molecule has 3 aromatic carbocycles. The van der Waals surface area contributed by atoms with Crippen LogP contribution in [0.15, 0.2) is 117 Å². The number of rotatable bonds is 17. The van der Waals surface area contributed by atoms with Crippen LogP contribution < -0.4 is 44.9 Å². The first-order valence-corrected chi connectivity index (χ1v) is 33.5. The summed E-state index contributed by atoms with van der Waals surface area (Å²) in [6.07, 6.45) is 29.4. The van der Waals surface area contributed by atoms with Crippen molar-refractivity contribution in [2.24, 2.45) is 0 Å².